The molecule has 0 aromatic heterocycles. The molecule has 7 heteroatoms. The molecule has 0 heterocycles. The fourth-order valence-corrected chi connectivity index (χ4v) is 0. The Hall–Kier alpha value is 1.23. The first-order valence-corrected chi connectivity index (χ1v) is 2.35. The van der Waals surface area contributed by atoms with Gasteiger partial charge in [0.1, 0.15) is 0 Å². The third-order valence-electron chi connectivity index (χ3n) is 0. The second-order valence-electron chi connectivity index (χ2n) is 0.513. The van der Waals surface area contributed by atoms with Crippen molar-refractivity contribution in [1.29, 1.82) is 0 Å². The van der Waals surface area contributed by atoms with Crippen LogP contribution < -0.4 is 0 Å². The first-order valence-electron chi connectivity index (χ1n) is 0.783. The van der Waals surface area contributed by atoms with Crippen LogP contribution in [0.15, 0.2) is 0 Å². The van der Waals surface area contributed by atoms with Crippen LogP contribution in [-0.2, 0) is 21.6 Å². The molecule has 0 saturated heterocycles. The zero-order chi connectivity index (χ0) is 4.50. The topological polar surface area (TPSA) is 77.8 Å². The fraction of sp³-hybridized carbons (Fsp3) is 0. The summed E-state index contributed by atoms with van der Waals surface area (Å²) >= 11 is 0. The predicted molar refractivity (Wildman–Crippen MR) is 21.4 cm³/mol. The summed E-state index contributed by atoms with van der Waals surface area (Å²) in [6.07, 6.45) is 0. The average molecular weight is 169 g/mol. The van der Waals surface area contributed by atoms with Gasteiger partial charge in [0.05, 0.1) is 0 Å². The van der Waals surface area contributed by atoms with Gasteiger partial charge in [-0.15, -0.1) is 0 Å². The second kappa shape index (κ2) is 5.37. The van der Waals surface area contributed by atoms with E-state index in [4.69, 9.17) is 19.2 Å². The summed E-state index contributed by atoms with van der Waals surface area (Å²) in [6.45, 7) is 0. The molecule has 0 aliphatic rings. The van der Waals surface area contributed by atoms with Crippen LogP contribution in [0.5, 0.6) is 0 Å². The van der Waals surface area contributed by atoms with E-state index in [9.17, 15) is 0 Å². The molecule has 45 valence electrons. The molecule has 0 amide bonds. The van der Waals surface area contributed by atoms with E-state index in [1.165, 1.54) is 0 Å². The molecular formula is H4CuLiO4P. The maximum atomic E-state index is 8.88. The van der Waals surface area contributed by atoms with Crippen molar-refractivity contribution in [2.24, 2.45) is 0 Å². The summed E-state index contributed by atoms with van der Waals surface area (Å²) in [4.78, 5) is 21.6. The summed E-state index contributed by atoms with van der Waals surface area (Å²) in [7, 11) is -4.64. The van der Waals surface area contributed by atoms with Crippen LogP contribution in [0.1, 0.15) is 0 Å². The molecule has 0 aliphatic carbocycles. The first-order chi connectivity index (χ1) is 2.00. The summed E-state index contributed by atoms with van der Waals surface area (Å²) in [6, 6.07) is 0. The van der Waals surface area contributed by atoms with Crippen molar-refractivity contribution in [3.8, 4) is 0 Å². The van der Waals surface area contributed by atoms with Crippen molar-refractivity contribution >= 4 is 26.7 Å². The van der Waals surface area contributed by atoms with Crippen LogP contribution in [0.3, 0.4) is 0 Å². The quantitative estimate of drug-likeness (QED) is 0.302. The molecule has 0 spiro atoms. The van der Waals surface area contributed by atoms with Crippen molar-refractivity contribution in [2.75, 3.05) is 0 Å². The van der Waals surface area contributed by atoms with E-state index in [1.54, 1.807) is 0 Å². The predicted octanol–water partition coefficient (Wildman–Crippen LogP) is -1.58. The van der Waals surface area contributed by atoms with Gasteiger partial charge in [0.2, 0.25) is 0 Å². The number of phosphoric acid groups is 1. The molecule has 0 saturated carbocycles. The van der Waals surface area contributed by atoms with E-state index in [-0.39, 0.29) is 35.9 Å². The van der Waals surface area contributed by atoms with Crippen LogP contribution in [0, 0.1) is 0 Å². The fourth-order valence-electron chi connectivity index (χ4n) is 0. The number of hydrogen-bond donors (Lipinski definition) is 3. The Balaban J connectivity index is -0.0000000800. The Morgan fingerprint density at radius 3 is 1.14 bits per heavy atom. The monoisotopic (exact) mass is 169 g/mol. The van der Waals surface area contributed by atoms with Gasteiger partial charge in [0.15, 0.2) is 0 Å². The standard InChI is InChI=1S/Cu.Li.H3O4P.H/c;;1-5(2,3)4;/h;;(H3,1,2,3,4);. The molecule has 7 heavy (non-hydrogen) atoms. The van der Waals surface area contributed by atoms with E-state index in [1.807, 2.05) is 0 Å². The molecule has 0 unspecified atom stereocenters. The van der Waals surface area contributed by atoms with Gasteiger partial charge in [0, 0.05) is 17.1 Å². The molecule has 0 atom stereocenters. The van der Waals surface area contributed by atoms with E-state index in [0.717, 1.165) is 0 Å². The van der Waals surface area contributed by atoms with E-state index in [2.05, 4.69) is 0 Å². The van der Waals surface area contributed by atoms with Gasteiger partial charge in [-0.2, -0.15) is 0 Å². The molecule has 1 radical (unpaired) electrons. The second-order valence-corrected chi connectivity index (χ2v) is 1.54. The van der Waals surface area contributed by atoms with Gasteiger partial charge in [0.25, 0.3) is 0 Å². The minimum atomic E-state index is -4.64. The van der Waals surface area contributed by atoms with Gasteiger partial charge in [-0.25, -0.2) is 4.57 Å². The molecule has 3 N–H and O–H groups in total. The zero-order valence-electron chi connectivity index (χ0n) is 2.50. The molecular weight excluding hydrogens is 165 g/mol. The van der Waals surface area contributed by atoms with Gasteiger partial charge < -0.3 is 14.7 Å². The molecule has 0 fully saturated rings. The molecule has 0 aliphatic heterocycles. The summed E-state index contributed by atoms with van der Waals surface area (Å²) < 4.78 is 8.88. The Morgan fingerprint density at radius 2 is 1.14 bits per heavy atom. The third kappa shape index (κ3) is 131. The van der Waals surface area contributed by atoms with Crippen LogP contribution in [0.2, 0.25) is 0 Å². The van der Waals surface area contributed by atoms with E-state index in [0.29, 0.717) is 0 Å². The van der Waals surface area contributed by atoms with Crippen LogP contribution >= 0.6 is 7.82 Å². The Labute approximate surface area is 63.2 Å². The Bertz CT molecular complexity index is 57.8. The van der Waals surface area contributed by atoms with Gasteiger partial charge in [-0.3, -0.25) is 0 Å². The van der Waals surface area contributed by atoms with Crippen molar-refractivity contribution in [1.82, 2.24) is 0 Å². The molecule has 0 aromatic carbocycles. The Kier molecular flexibility index (Phi) is 12.1. The van der Waals surface area contributed by atoms with Crippen LogP contribution in [0.25, 0.3) is 0 Å². The first kappa shape index (κ1) is 15.7. The summed E-state index contributed by atoms with van der Waals surface area (Å²) in [5.41, 5.74) is 0. The van der Waals surface area contributed by atoms with Gasteiger partial charge in [-0.1, -0.05) is 0 Å². The van der Waals surface area contributed by atoms with Crippen LogP contribution in [0.4, 0.5) is 0 Å². The third-order valence-corrected chi connectivity index (χ3v) is 0. The SMILES string of the molecule is O=P(O)(O)O.[Cu].[LiH]. The van der Waals surface area contributed by atoms with Crippen molar-refractivity contribution < 1.29 is 36.3 Å². The van der Waals surface area contributed by atoms with Crippen molar-refractivity contribution in [3.63, 3.8) is 0 Å². The van der Waals surface area contributed by atoms with Crippen molar-refractivity contribution in [3.05, 3.63) is 0 Å². The summed E-state index contributed by atoms with van der Waals surface area (Å²) in [5.74, 6) is 0. The zero-order valence-corrected chi connectivity index (χ0v) is 4.33. The molecule has 0 bridgehead atoms. The van der Waals surface area contributed by atoms with E-state index >= 15 is 0 Å². The Morgan fingerprint density at radius 1 is 1.14 bits per heavy atom. The molecule has 4 nitrogen and oxygen atoms in total. The van der Waals surface area contributed by atoms with Crippen molar-refractivity contribution in [2.45, 2.75) is 0 Å². The van der Waals surface area contributed by atoms with Gasteiger partial charge in [-0.05, 0) is 0 Å². The number of rotatable bonds is 0. The normalized spacial score (nSPS) is 8.43. The summed E-state index contributed by atoms with van der Waals surface area (Å²) in [5, 5.41) is 0. The number of hydrogen-bond acceptors (Lipinski definition) is 1. The van der Waals surface area contributed by atoms with Gasteiger partial charge >= 0.3 is 26.7 Å². The minimum absolute atomic E-state index is 0. The average Bonchev–Trinajstić information content (AvgIpc) is 0.722. The van der Waals surface area contributed by atoms with E-state index < -0.39 is 7.82 Å². The molecule has 0 rings (SSSR count). The maximum absolute atomic E-state index is 8.88. The molecule has 0 aromatic rings. The van der Waals surface area contributed by atoms with Crippen LogP contribution in [-0.4, -0.2) is 33.5 Å².